The smallest absolute Gasteiger partial charge is 0.123 e. The van der Waals surface area contributed by atoms with Crippen LogP contribution in [0, 0.1) is 5.82 Å². The number of H-pyrrole nitrogens is 1. The molecule has 0 saturated carbocycles. The predicted octanol–water partition coefficient (Wildman–Crippen LogP) is 6.99. The summed E-state index contributed by atoms with van der Waals surface area (Å²) >= 11 is 0. The predicted molar refractivity (Wildman–Crippen MR) is 120 cm³/mol. The molecule has 146 valence electrons. The first-order valence-electron chi connectivity index (χ1n) is 10.5. The van der Waals surface area contributed by atoms with E-state index in [1.54, 1.807) is 12.1 Å². The van der Waals surface area contributed by atoms with Crippen molar-refractivity contribution in [2.45, 2.75) is 25.2 Å². The van der Waals surface area contributed by atoms with Crippen molar-refractivity contribution >= 4 is 21.8 Å². The Morgan fingerprint density at radius 3 is 2.63 bits per heavy atom. The second kappa shape index (κ2) is 6.81. The molecule has 1 N–H and O–H groups in total. The lowest BCUT2D eigenvalue weighted by Gasteiger charge is -2.26. The van der Waals surface area contributed by atoms with E-state index >= 15 is 0 Å². The van der Waals surface area contributed by atoms with Crippen LogP contribution in [-0.2, 0) is 6.42 Å². The molecule has 1 aliphatic rings. The van der Waals surface area contributed by atoms with Gasteiger partial charge in [0.2, 0.25) is 0 Å². The first-order valence-corrected chi connectivity index (χ1v) is 10.5. The molecule has 0 spiro atoms. The monoisotopic (exact) mass is 392 g/mol. The van der Waals surface area contributed by atoms with Gasteiger partial charge in [-0.05, 0) is 66.3 Å². The van der Waals surface area contributed by atoms with Crippen LogP contribution < -0.4 is 0 Å². The molecule has 0 radical (unpaired) electrons. The van der Waals surface area contributed by atoms with Crippen molar-refractivity contribution in [1.82, 2.24) is 9.97 Å². The zero-order valence-electron chi connectivity index (χ0n) is 16.5. The molecule has 0 amide bonds. The first-order chi connectivity index (χ1) is 14.8. The summed E-state index contributed by atoms with van der Waals surface area (Å²) in [6.07, 6.45) is 3.14. The molecule has 1 atom stereocenters. The summed E-state index contributed by atoms with van der Waals surface area (Å²) in [6.45, 7) is 0. The third-order valence-corrected chi connectivity index (χ3v) is 6.33. The highest BCUT2D eigenvalue weighted by molar-refractivity contribution is 5.92. The molecule has 2 aromatic heterocycles. The quantitative estimate of drug-likeness (QED) is 0.344. The number of hydrogen-bond acceptors (Lipinski definition) is 1. The number of halogens is 1. The largest absolute Gasteiger partial charge is 0.354 e. The number of nitrogens with one attached hydrogen (secondary N) is 1. The Kier molecular flexibility index (Phi) is 3.95. The molecule has 5 aromatic rings. The average Bonchev–Trinajstić information content (AvgIpc) is 3.17. The standard InChI is InChI=1S/C27H21FN2/c28-19-13-14-23-18(15-19)16-22-20(10-6-12-25(22)29-23)26-21-9-4-5-11-24(21)30-27(26)17-7-2-1-3-8-17/h1-5,7-9,11,13-16,20,30H,6,10,12H2. The molecule has 6 rings (SSSR count). The lowest BCUT2D eigenvalue weighted by Crippen LogP contribution is -2.13. The molecule has 0 fully saturated rings. The molecular weight excluding hydrogens is 371 g/mol. The first kappa shape index (κ1) is 17.4. The Hall–Kier alpha value is -3.46. The molecule has 3 heteroatoms. The van der Waals surface area contributed by atoms with Gasteiger partial charge in [-0.2, -0.15) is 0 Å². The van der Waals surface area contributed by atoms with Crippen LogP contribution in [0.1, 0.15) is 35.6 Å². The third-order valence-electron chi connectivity index (χ3n) is 6.33. The minimum Gasteiger partial charge on any atom is -0.354 e. The second-order valence-corrected chi connectivity index (χ2v) is 8.13. The van der Waals surface area contributed by atoms with Crippen LogP contribution in [0.5, 0.6) is 0 Å². The minimum atomic E-state index is -0.214. The van der Waals surface area contributed by atoms with Gasteiger partial charge in [-0.15, -0.1) is 0 Å². The number of aromatic nitrogens is 2. The van der Waals surface area contributed by atoms with E-state index in [-0.39, 0.29) is 11.7 Å². The van der Waals surface area contributed by atoms with Gasteiger partial charge in [0.25, 0.3) is 0 Å². The van der Waals surface area contributed by atoms with Gasteiger partial charge in [-0.1, -0.05) is 48.5 Å². The Labute approximate surface area is 174 Å². The van der Waals surface area contributed by atoms with E-state index in [0.29, 0.717) is 0 Å². The number of benzene rings is 3. The van der Waals surface area contributed by atoms with Crippen molar-refractivity contribution in [1.29, 1.82) is 0 Å². The van der Waals surface area contributed by atoms with Gasteiger partial charge in [-0.25, -0.2) is 4.39 Å². The van der Waals surface area contributed by atoms with Crippen LogP contribution in [0.4, 0.5) is 4.39 Å². The normalized spacial score (nSPS) is 16.1. The second-order valence-electron chi connectivity index (χ2n) is 8.13. The van der Waals surface area contributed by atoms with Crippen molar-refractivity contribution in [3.63, 3.8) is 0 Å². The maximum Gasteiger partial charge on any atom is 0.123 e. The van der Waals surface area contributed by atoms with Crippen LogP contribution in [0.15, 0.2) is 78.9 Å². The lowest BCUT2D eigenvalue weighted by atomic mass is 9.78. The zero-order valence-corrected chi connectivity index (χ0v) is 16.5. The summed E-state index contributed by atoms with van der Waals surface area (Å²) in [7, 11) is 0. The summed E-state index contributed by atoms with van der Waals surface area (Å²) in [5.41, 5.74) is 8.10. The summed E-state index contributed by atoms with van der Waals surface area (Å²) in [6, 6.07) is 26.1. The van der Waals surface area contributed by atoms with E-state index in [0.717, 1.165) is 41.4 Å². The number of para-hydroxylation sites is 1. The fourth-order valence-corrected chi connectivity index (χ4v) is 4.99. The molecule has 1 unspecified atom stereocenters. The van der Waals surface area contributed by atoms with Gasteiger partial charge in [0.05, 0.1) is 11.2 Å². The van der Waals surface area contributed by atoms with Gasteiger partial charge in [0, 0.05) is 27.9 Å². The number of hydrogen-bond donors (Lipinski definition) is 1. The maximum atomic E-state index is 13.9. The van der Waals surface area contributed by atoms with Gasteiger partial charge in [0.1, 0.15) is 5.82 Å². The van der Waals surface area contributed by atoms with E-state index in [2.05, 4.69) is 59.6 Å². The molecule has 3 aromatic carbocycles. The minimum absolute atomic E-state index is 0.214. The SMILES string of the molecule is Fc1ccc2nc3c(cc2c1)C(c1c(-c2ccccc2)[nH]c2ccccc12)CCC3. The summed E-state index contributed by atoms with van der Waals surface area (Å²) in [4.78, 5) is 8.60. The Morgan fingerprint density at radius 2 is 1.73 bits per heavy atom. The Balaban J connectivity index is 1.62. The number of nitrogens with zero attached hydrogens (tertiary/aromatic N) is 1. The molecule has 1 aliphatic carbocycles. The summed E-state index contributed by atoms with van der Waals surface area (Å²) in [5.74, 6) is 0.0222. The fraction of sp³-hybridized carbons (Fsp3) is 0.148. The highest BCUT2D eigenvalue weighted by Crippen LogP contribution is 2.44. The van der Waals surface area contributed by atoms with Crippen LogP contribution in [0.2, 0.25) is 0 Å². The number of aryl methyl sites for hydroxylation is 1. The molecule has 2 heterocycles. The van der Waals surface area contributed by atoms with Crippen molar-refractivity contribution in [3.05, 3.63) is 102 Å². The van der Waals surface area contributed by atoms with Gasteiger partial charge < -0.3 is 4.98 Å². The number of pyridine rings is 1. The maximum absolute atomic E-state index is 13.9. The van der Waals surface area contributed by atoms with E-state index in [1.165, 1.54) is 33.8 Å². The van der Waals surface area contributed by atoms with Gasteiger partial charge >= 0.3 is 0 Å². The van der Waals surface area contributed by atoms with Crippen molar-refractivity contribution in [2.75, 3.05) is 0 Å². The molecule has 0 bridgehead atoms. The lowest BCUT2D eigenvalue weighted by molar-refractivity contribution is 0.608. The van der Waals surface area contributed by atoms with Gasteiger partial charge in [0.15, 0.2) is 0 Å². The fourth-order valence-electron chi connectivity index (χ4n) is 4.99. The third kappa shape index (κ3) is 2.73. The van der Waals surface area contributed by atoms with E-state index in [1.807, 2.05) is 6.07 Å². The van der Waals surface area contributed by atoms with Crippen molar-refractivity contribution < 1.29 is 4.39 Å². The molecule has 2 nitrogen and oxygen atoms in total. The van der Waals surface area contributed by atoms with E-state index in [4.69, 9.17) is 4.98 Å². The number of aromatic amines is 1. The molecule has 30 heavy (non-hydrogen) atoms. The van der Waals surface area contributed by atoms with E-state index in [9.17, 15) is 4.39 Å². The summed E-state index contributed by atoms with van der Waals surface area (Å²) in [5, 5.41) is 2.13. The number of fused-ring (bicyclic) bond motifs is 3. The van der Waals surface area contributed by atoms with Crippen LogP contribution in [0.25, 0.3) is 33.1 Å². The zero-order chi connectivity index (χ0) is 20.1. The molecule has 0 saturated heterocycles. The van der Waals surface area contributed by atoms with Crippen LogP contribution in [-0.4, -0.2) is 9.97 Å². The summed E-state index contributed by atoms with van der Waals surface area (Å²) < 4.78 is 13.9. The van der Waals surface area contributed by atoms with E-state index < -0.39 is 0 Å². The topological polar surface area (TPSA) is 28.7 Å². The molecule has 0 aliphatic heterocycles. The Bertz CT molecular complexity index is 1380. The van der Waals surface area contributed by atoms with Crippen LogP contribution >= 0.6 is 0 Å². The van der Waals surface area contributed by atoms with Crippen molar-refractivity contribution in [3.8, 4) is 11.3 Å². The molecular formula is C27H21FN2. The Morgan fingerprint density at radius 1 is 0.900 bits per heavy atom. The van der Waals surface area contributed by atoms with Crippen LogP contribution in [0.3, 0.4) is 0 Å². The highest BCUT2D eigenvalue weighted by Gasteiger charge is 2.28. The average molecular weight is 392 g/mol. The highest BCUT2D eigenvalue weighted by atomic mass is 19.1. The number of rotatable bonds is 2. The van der Waals surface area contributed by atoms with Crippen molar-refractivity contribution in [2.24, 2.45) is 0 Å². The van der Waals surface area contributed by atoms with Gasteiger partial charge in [-0.3, -0.25) is 4.98 Å².